The third-order valence-electron chi connectivity index (χ3n) is 6.39. The lowest BCUT2D eigenvalue weighted by Crippen LogP contribution is -2.43. The van der Waals surface area contributed by atoms with E-state index in [9.17, 15) is 13.5 Å². The minimum Gasteiger partial charge on any atom is -0.507 e. The predicted molar refractivity (Wildman–Crippen MR) is 142 cm³/mol. The minimum atomic E-state index is -3.91. The molecule has 3 aromatic carbocycles. The number of hydrogen-bond acceptors (Lipinski definition) is 6. The second-order valence-corrected chi connectivity index (χ2v) is 11.3. The molecule has 0 fully saturated rings. The van der Waals surface area contributed by atoms with Crippen LogP contribution in [0.15, 0.2) is 76.5 Å². The zero-order valence-corrected chi connectivity index (χ0v) is 22.0. The van der Waals surface area contributed by atoms with Gasteiger partial charge < -0.3 is 14.7 Å². The van der Waals surface area contributed by atoms with Gasteiger partial charge in [-0.05, 0) is 48.6 Å². The van der Waals surface area contributed by atoms with Gasteiger partial charge in [0.2, 0.25) is 10.0 Å². The largest absolute Gasteiger partial charge is 0.507 e. The van der Waals surface area contributed by atoms with Crippen LogP contribution in [0, 0.1) is 0 Å². The van der Waals surface area contributed by atoms with Gasteiger partial charge in [-0.3, -0.25) is 0 Å². The van der Waals surface area contributed by atoms with Gasteiger partial charge in [0, 0.05) is 30.9 Å². The summed E-state index contributed by atoms with van der Waals surface area (Å²) in [5.41, 5.74) is 2.40. The van der Waals surface area contributed by atoms with Gasteiger partial charge in [0.1, 0.15) is 16.4 Å². The number of sulfonamides is 1. The number of anilines is 2. The Labute approximate surface area is 212 Å². The molecule has 0 aliphatic carbocycles. The molecule has 3 aromatic rings. The number of para-hydroxylation sites is 1. The van der Waals surface area contributed by atoms with Crippen LogP contribution < -0.4 is 9.64 Å². The molecule has 1 aliphatic rings. The average molecular weight is 513 g/mol. The second-order valence-electron chi connectivity index (χ2n) is 8.63. The Bertz CT molecular complexity index is 1250. The van der Waals surface area contributed by atoms with Crippen molar-refractivity contribution in [2.24, 2.45) is 0 Å². The normalized spacial score (nSPS) is 17.6. The molecule has 0 spiro atoms. The van der Waals surface area contributed by atoms with E-state index in [1.807, 2.05) is 60.9 Å². The van der Waals surface area contributed by atoms with E-state index in [0.29, 0.717) is 17.1 Å². The molecule has 0 amide bonds. The van der Waals surface area contributed by atoms with Crippen LogP contribution in [0.1, 0.15) is 31.7 Å². The molecule has 6 nitrogen and oxygen atoms in total. The van der Waals surface area contributed by atoms with Gasteiger partial charge in [0.25, 0.3) is 0 Å². The first-order chi connectivity index (χ1) is 16.9. The maximum absolute atomic E-state index is 14.2. The Morgan fingerprint density at radius 1 is 1.09 bits per heavy atom. The van der Waals surface area contributed by atoms with Crippen LogP contribution in [0.5, 0.6) is 11.5 Å². The van der Waals surface area contributed by atoms with Gasteiger partial charge >= 0.3 is 0 Å². The number of phenolic OH excluding ortho intramolecular Hbond substituents is 1. The third kappa shape index (κ3) is 5.29. The van der Waals surface area contributed by atoms with Gasteiger partial charge in [-0.25, -0.2) is 8.42 Å². The van der Waals surface area contributed by atoms with Gasteiger partial charge in [0.05, 0.1) is 17.7 Å². The van der Waals surface area contributed by atoms with Crippen LogP contribution in [0.3, 0.4) is 0 Å². The standard InChI is InChI=1S/C27H32N2O4S2/c1-4-5-9-22-19-28(21-10-7-6-8-11-21)24-16-26(34-3)25(30)17-27(24)35(31,32)29(22)18-20-12-14-23(33-2)15-13-20/h6-8,10-17,22,30H,4-5,9,18-19H2,1-3H3/t22-/m1/s1. The molecule has 186 valence electrons. The van der Waals surface area contributed by atoms with E-state index in [-0.39, 0.29) is 23.2 Å². The zero-order valence-electron chi connectivity index (χ0n) is 20.3. The van der Waals surface area contributed by atoms with Crippen LogP contribution in [0.2, 0.25) is 0 Å². The van der Waals surface area contributed by atoms with E-state index in [4.69, 9.17) is 4.74 Å². The van der Waals surface area contributed by atoms with E-state index >= 15 is 0 Å². The van der Waals surface area contributed by atoms with Crippen LogP contribution in [0.25, 0.3) is 0 Å². The number of methoxy groups -OCH3 is 1. The first-order valence-corrected chi connectivity index (χ1v) is 14.4. The lowest BCUT2D eigenvalue weighted by molar-refractivity contribution is 0.300. The maximum Gasteiger partial charge on any atom is 0.245 e. The summed E-state index contributed by atoms with van der Waals surface area (Å²) in [6.45, 7) is 2.88. The van der Waals surface area contributed by atoms with E-state index < -0.39 is 10.0 Å². The number of fused-ring (bicyclic) bond motifs is 1. The third-order valence-corrected chi connectivity index (χ3v) is 9.09. The summed E-state index contributed by atoms with van der Waals surface area (Å²) in [4.78, 5) is 2.86. The molecular formula is C27H32N2O4S2. The van der Waals surface area contributed by atoms with E-state index in [2.05, 4.69) is 11.8 Å². The zero-order chi connectivity index (χ0) is 25.0. The molecular weight excluding hydrogens is 480 g/mol. The van der Waals surface area contributed by atoms with Crippen LogP contribution in [-0.4, -0.2) is 43.8 Å². The Morgan fingerprint density at radius 2 is 1.80 bits per heavy atom. The summed E-state index contributed by atoms with van der Waals surface area (Å²) >= 11 is 1.40. The lowest BCUT2D eigenvalue weighted by atomic mass is 10.1. The quantitative estimate of drug-likeness (QED) is 0.372. The molecule has 1 N–H and O–H groups in total. The molecule has 0 aromatic heterocycles. The predicted octanol–water partition coefficient (Wildman–Crippen LogP) is 6.02. The number of benzene rings is 3. The van der Waals surface area contributed by atoms with Crippen molar-refractivity contribution in [2.45, 2.75) is 48.6 Å². The van der Waals surface area contributed by atoms with Crippen molar-refractivity contribution in [3.63, 3.8) is 0 Å². The topological polar surface area (TPSA) is 70.1 Å². The summed E-state index contributed by atoms with van der Waals surface area (Å²) < 4.78 is 35.3. The summed E-state index contributed by atoms with van der Waals surface area (Å²) in [5, 5.41) is 10.7. The lowest BCUT2D eigenvalue weighted by Gasteiger charge is -2.31. The Hall–Kier alpha value is -2.68. The highest BCUT2D eigenvalue weighted by atomic mass is 32.2. The molecule has 0 saturated carbocycles. The fraction of sp³-hybridized carbons (Fsp3) is 0.333. The number of ether oxygens (including phenoxy) is 1. The van der Waals surface area contributed by atoms with Crippen molar-refractivity contribution < 1.29 is 18.3 Å². The Balaban J connectivity index is 1.88. The summed E-state index contributed by atoms with van der Waals surface area (Å²) in [7, 11) is -2.30. The van der Waals surface area contributed by atoms with Crippen molar-refractivity contribution in [3.05, 3.63) is 72.3 Å². The molecule has 0 unspecified atom stereocenters. The molecule has 1 atom stereocenters. The first-order valence-electron chi connectivity index (χ1n) is 11.8. The van der Waals surface area contributed by atoms with E-state index in [0.717, 1.165) is 36.3 Å². The highest BCUT2D eigenvalue weighted by Crippen LogP contribution is 2.43. The number of aromatic hydroxyl groups is 1. The SMILES string of the molecule is CCCC[C@@H]1CN(c2ccccc2)c2cc(SC)c(O)cc2S(=O)(=O)N1Cc1ccc(OC)cc1. The fourth-order valence-electron chi connectivity index (χ4n) is 4.49. The van der Waals surface area contributed by atoms with Crippen molar-refractivity contribution in [2.75, 3.05) is 24.8 Å². The molecule has 4 rings (SSSR count). The fourth-order valence-corrected chi connectivity index (χ4v) is 6.82. The van der Waals surface area contributed by atoms with E-state index in [1.54, 1.807) is 17.5 Å². The molecule has 0 saturated heterocycles. The Morgan fingerprint density at radius 3 is 2.43 bits per heavy atom. The van der Waals surface area contributed by atoms with E-state index in [1.165, 1.54) is 17.8 Å². The highest BCUT2D eigenvalue weighted by molar-refractivity contribution is 7.98. The van der Waals surface area contributed by atoms with Crippen molar-refractivity contribution >= 4 is 33.2 Å². The summed E-state index contributed by atoms with van der Waals surface area (Å²) in [5.74, 6) is 0.703. The minimum absolute atomic E-state index is 0.0238. The summed E-state index contributed by atoms with van der Waals surface area (Å²) in [6, 6.07) is 20.3. The maximum atomic E-state index is 14.2. The van der Waals surface area contributed by atoms with Crippen molar-refractivity contribution in [1.29, 1.82) is 0 Å². The molecule has 0 radical (unpaired) electrons. The van der Waals surface area contributed by atoms with Crippen molar-refractivity contribution in [1.82, 2.24) is 4.31 Å². The average Bonchev–Trinajstić information content (AvgIpc) is 2.96. The van der Waals surface area contributed by atoms with Gasteiger partial charge in [-0.1, -0.05) is 50.1 Å². The number of hydrogen-bond donors (Lipinski definition) is 1. The number of rotatable bonds is 8. The number of nitrogens with zero attached hydrogens (tertiary/aromatic N) is 2. The first kappa shape index (κ1) is 25.4. The van der Waals surface area contributed by atoms with Crippen LogP contribution in [0.4, 0.5) is 11.4 Å². The van der Waals surface area contributed by atoms with Gasteiger partial charge in [-0.2, -0.15) is 4.31 Å². The van der Waals surface area contributed by atoms with Gasteiger partial charge in [-0.15, -0.1) is 11.8 Å². The van der Waals surface area contributed by atoms with Gasteiger partial charge in [0.15, 0.2) is 0 Å². The Kier molecular flexibility index (Phi) is 7.94. The smallest absolute Gasteiger partial charge is 0.245 e. The molecule has 1 aliphatic heterocycles. The van der Waals surface area contributed by atoms with Crippen LogP contribution >= 0.6 is 11.8 Å². The van der Waals surface area contributed by atoms with Crippen LogP contribution in [-0.2, 0) is 16.6 Å². The number of unbranched alkanes of at least 4 members (excludes halogenated alkanes) is 1. The summed E-state index contributed by atoms with van der Waals surface area (Å²) in [6.07, 6.45) is 4.51. The van der Waals surface area contributed by atoms with Crippen molar-refractivity contribution in [3.8, 4) is 11.5 Å². The second kappa shape index (κ2) is 10.9. The molecule has 0 bridgehead atoms. The molecule has 35 heavy (non-hydrogen) atoms. The molecule has 1 heterocycles. The monoisotopic (exact) mass is 512 g/mol. The number of thioether (sulfide) groups is 1. The number of phenols is 1. The highest BCUT2D eigenvalue weighted by Gasteiger charge is 2.39. The molecule has 8 heteroatoms.